The number of hydrogen-bond acceptors (Lipinski definition) is 6. The van der Waals surface area contributed by atoms with Crippen LogP contribution in [0, 0.1) is 6.92 Å². The van der Waals surface area contributed by atoms with Gasteiger partial charge in [0.05, 0.1) is 12.1 Å². The Balaban J connectivity index is 1.34. The van der Waals surface area contributed by atoms with E-state index in [-0.39, 0.29) is 23.9 Å². The van der Waals surface area contributed by atoms with E-state index < -0.39 is 6.10 Å². The zero-order valence-corrected chi connectivity index (χ0v) is 18.1. The van der Waals surface area contributed by atoms with Crippen LogP contribution in [0.2, 0.25) is 0 Å². The molecule has 2 aromatic heterocycles. The van der Waals surface area contributed by atoms with Gasteiger partial charge >= 0.3 is 0 Å². The lowest BCUT2D eigenvalue weighted by Crippen LogP contribution is -2.52. The molecular weight excluding hydrogens is 396 g/mol. The number of hydrogen-bond donors (Lipinski definition) is 2. The van der Waals surface area contributed by atoms with Crippen LogP contribution < -0.4 is 5.32 Å². The summed E-state index contributed by atoms with van der Waals surface area (Å²) in [4.78, 5) is 33.6. The standard InChI is InChI=1S/C22H30N6O3/c1-15-10-19(25-26(15)2)22(31)27-8-5-17(6-9-27)28-14-18(29)11-20(28)21(30)24-13-16-4-3-7-23-12-16/h3-4,7,10,12,17-18,20,29H,5-6,8-9,11,13-14H2,1-2H3,(H,24,30)/t18-,20+/m1/s1. The highest BCUT2D eigenvalue weighted by Crippen LogP contribution is 2.27. The second-order valence-corrected chi connectivity index (χ2v) is 8.50. The molecule has 2 aliphatic heterocycles. The quantitative estimate of drug-likeness (QED) is 0.721. The first kappa shape index (κ1) is 21.5. The normalized spacial score (nSPS) is 22.6. The second kappa shape index (κ2) is 9.15. The van der Waals surface area contributed by atoms with E-state index >= 15 is 0 Å². The SMILES string of the molecule is Cc1cc(C(=O)N2CCC(N3C[C@H](O)C[C@H]3C(=O)NCc3cccnc3)CC2)nn1C. The highest BCUT2D eigenvalue weighted by Gasteiger charge is 2.41. The third-order valence-electron chi connectivity index (χ3n) is 6.36. The molecule has 0 saturated carbocycles. The first-order chi connectivity index (χ1) is 14.9. The number of amides is 2. The van der Waals surface area contributed by atoms with E-state index in [0.29, 0.717) is 38.3 Å². The lowest BCUT2D eigenvalue weighted by Gasteiger charge is -2.38. The van der Waals surface area contributed by atoms with Gasteiger partial charge in [0.2, 0.25) is 5.91 Å². The van der Waals surface area contributed by atoms with Crippen molar-refractivity contribution in [2.24, 2.45) is 7.05 Å². The average Bonchev–Trinajstić information content (AvgIpc) is 3.34. The van der Waals surface area contributed by atoms with Gasteiger partial charge in [-0.15, -0.1) is 0 Å². The number of aliphatic hydroxyl groups excluding tert-OH is 1. The Morgan fingerprint density at radius 1 is 1.29 bits per heavy atom. The number of pyridine rings is 1. The summed E-state index contributed by atoms with van der Waals surface area (Å²) in [7, 11) is 1.83. The first-order valence-corrected chi connectivity index (χ1v) is 10.8. The molecule has 2 N–H and O–H groups in total. The molecular formula is C22H30N6O3. The molecule has 2 atom stereocenters. The number of aryl methyl sites for hydroxylation is 2. The van der Waals surface area contributed by atoms with Crippen molar-refractivity contribution < 1.29 is 14.7 Å². The third kappa shape index (κ3) is 4.77. The van der Waals surface area contributed by atoms with Crippen molar-refractivity contribution in [3.05, 3.63) is 47.5 Å². The van der Waals surface area contributed by atoms with Crippen LogP contribution in [-0.2, 0) is 18.4 Å². The summed E-state index contributed by atoms with van der Waals surface area (Å²) in [5.74, 6) is -0.114. The largest absolute Gasteiger partial charge is 0.392 e. The second-order valence-electron chi connectivity index (χ2n) is 8.50. The monoisotopic (exact) mass is 426 g/mol. The fraction of sp³-hybridized carbons (Fsp3) is 0.545. The maximum Gasteiger partial charge on any atom is 0.274 e. The number of carbonyl (C=O) groups excluding carboxylic acids is 2. The van der Waals surface area contributed by atoms with Crippen LogP contribution in [0.5, 0.6) is 0 Å². The summed E-state index contributed by atoms with van der Waals surface area (Å²) in [5.41, 5.74) is 2.37. The number of β-amino-alcohol motifs (C(OH)–C–C–N with tert-alkyl or cyclic N) is 1. The summed E-state index contributed by atoms with van der Waals surface area (Å²) in [6.45, 7) is 4.08. The van der Waals surface area contributed by atoms with Crippen LogP contribution in [-0.4, -0.2) is 79.3 Å². The fourth-order valence-electron chi connectivity index (χ4n) is 4.54. The zero-order chi connectivity index (χ0) is 22.0. The molecule has 0 aromatic carbocycles. The molecule has 0 spiro atoms. The van der Waals surface area contributed by atoms with Crippen molar-refractivity contribution in [2.75, 3.05) is 19.6 Å². The smallest absolute Gasteiger partial charge is 0.274 e. The molecule has 2 fully saturated rings. The van der Waals surface area contributed by atoms with E-state index in [1.807, 2.05) is 37.1 Å². The van der Waals surface area contributed by atoms with Crippen LogP contribution in [0.3, 0.4) is 0 Å². The molecule has 2 aliphatic rings. The van der Waals surface area contributed by atoms with E-state index in [1.165, 1.54) is 0 Å². The lowest BCUT2D eigenvalue weighted by molar-refractivity contribution is -0.126. The number of likely N-dealkylation sites (tertiary alicyclic amines) is 2. The molecule has 2 saturated heterocycles. The van der Waals surface area contributed by atoms with Gasteiger partial charge < -0.3 is 15.3 Å². The predicted molar refractivity (Wildman–Crippen MR) is 114 cm³/mol. The molecule has 31 heavy (non-hydrogen) atoms. The number of rotatable bonds is 5. The van der Waals surface area contributed by atoms with E-state index in [1.54, 1.807) is 17.1 Å². The Morgan fingerprint density at radius 3 is 2.71 bits per heavy atom. The van der Waals surface area contributed by atoms with Gasteiger partial charge in [0.25, 0.3) is 5.91 Å². The van der Waals surface area contributed by atoms with Gasteiger partial charge in [-0.2, -0.15) is 5.10 Å². The minimum atomic E-state index is -0.509. The Bertz CT molecular complexity index is 903. The first-order valence-electron chi connectivity index (χ1n) is 10.8. The highest BCUT2D eigenvalue weighted by molar-refractivity contribution is 5.92. The number of piperidine rings is 1. The summed E-state index contributed by atoms with van der Waals surface area (Å²) in [5, 5.41) is 17.5. The van der Waals surface area contributed by atoms with E-state index in [9.17, 15) is 14.7 Å². The Hall–Kier alpha value is -2.78. The van der Waals surface area contributed by atoms with Crippen LogP contribution in [0.15, 0.2) is 30.6 Å². The van der Waals surface area contributed by atoms with E-state index in [2.05, 4.69) is 20.3 Å². The van der Waals surface area contributed by atoms with Gasteiger partial charge in [-0.3, -0.25) is 24.2 Å². The summed E-state index contributed by atoms with van der Waals surface area (Å²) >= 11 is 0. The van der Waals surface area contributed by atoms with Crippen LogP contribution in [0.4, 0.5) is 0 Å². The van der Waals surface area contributed by atoms with Gasteiger partial charge in [0, 0.05) is 57.4 Å². The number of aliphatic hydroxyl groups is 1. The molecule has 0 unspecified atom stereocenters. The Labute approximate surface area is 182 Å². The van der Waals surface area contributed by atoms with Gasteiger partial charge in [-0.05, 0) is 43.9 Å². The van der Waals surface area contributed by atoms with Crippen molar-refractivity contribution in [2.45, 2.75) is 50.9 Å². The Kier molecular flexibility index (Phi) is 6.33. The van der Waals surface area contributed by atoms with Crippen molar-refractivity contribution in [1.82, 2.24) is 29.9 Å². The summed E-state index contributed by atoms with van der Waals surface area (Å²) in [6, 6.07) is 5.39. The maximum absolute atomic E-state index is 12.8. The number of nitrogens with zero attached hydrogens (tertiary/aromatic N) is 5. The molecule has 0 bridgehead atoms. The molecule has 0 aliphatic carbocycles. The Morgan fingerprint density at radius 2 is 2.06 bits per heavy atom. The van der Waals surface area contributed by atoms with Crippen molar-refractivity contribution >= 4 is 11.8 Å². The number of nitrogens with one attached hydrogen (secondary N) is 1. The van der Waals surface area contributed by atoms with Gasteiger partial charge in [0.15, 0.2) is 5.69 Å². The molecule has 9 heteroatoms. The predicted octanol–water partition coefficient (Wildman–Crippen LogP) is 0.480. The topological polar surface area (TPSA) is 104 Å². The third-order valence-corrected chi connectivity index (χ3v) is 6.36. The summed E-state index contributed by atoms with van der Waals surface area (Å²) < 4.78 is 1.71. The van der Waals surface area contributed by atoms with E-state index in [4.69, 9.17) is 0 Å². The van der Waals surface area contributed by atoms with Gasteiger partial charge in [-0.1, -0.05) is 6.07 Å². The molecule has 166 valence electrons. The maximum atomic E-state index is 12.8. The lowest BCUT2D eigenvalue weighted by atomic mass is 10.0. The van der Waals surface area contributed by atoms with Crippen LogP contribution in [0.25, 0.3) is 0 Å². The van der Waals surface area contributed by atoms with E-state index in [0.717, 1.165) is 24.1 Å². The average molecular weight is 427 g/mol. The van der Waals surface area contributed by atoms with Crippen molar-refractivity contribution in [1.29, 1.82) is 0 Å². The van der Waals surface area contributed by atoms with Crippen LogP contribution >= 0.6 is 0 Å². The minimum absolute atomic E-state index is 0.0469. The summed E-state index contributed by atoms with van der Waals surface area (Å²) in [6.07, 6.45) is 4.91. The molecule has 4 rings (SSSR count). The molecule has 2 aromatic rings. The number of carbonyl (C=O) groups is 2. The molecule has 2 amide bonds. The minimum Gasteiger partial charge on any atom is -0.392 e. The zero-order valence-electron chi connectivity index (χ0n) is 18.1. The van der Waals surface area contributed by atoms with Crippen molar-refractivity contribution in [3.63, 3.8) is 0 Å². The van der Waals surface area contributed by atoms with Gasteiger partial charge in [-0.25, -0.2) is 0 Å². The molecule has 9 nitrogen and oxygen atoms in total. The van der Waals surface area contributed by atoms with Gasteiger partial charge in [0.1, 0.15) is 0 Å². The van der Waals surface area contributed by atoms with Crippen LogP contribution in [0.1, 0.15) is 41.0 Å². The molecule has 4 heterocycles. The van der Waals surface area contributed by atoms with Crippen molar-refractivity contribution in [3.8, 4) is 0 Å². The highest BCUT2D eigenvalue weighted by atomic mass is 16.3. The molecule has 0 radical (unpaired) electrons. The fourth-order valence-corrected chi connectivity index (χ4v) is 4.54. The number of aromatic nitrogens is 3.